The first-order valence-corrected chi connectivity index (χ1v) is 5.75. The normalized spacial score (nSPS) is 16.4. The van der Waals surface area contributed by atoms with E-state index in [-0.39, 0.29) is 6.61 Å². The molecule has 0 atom stereocenters. The zero-order chi connectivity index (χ0) is 12.5. The quantitative estimate of drug-likeness (QED) is 0.827. The molecule has 0 amide bonds. The number of rotatable bonds is 2. The number of nitrogens with zero attached hydrogens (tertiary/aromatic N) is 4. The molecule has 1 aliphatic heterocycles. The first-order valence-electron chi connectivity index (χ1n) is 5.75. The average molecular weight is 252 g/mol. The van der Waals surface area contributed by atoms with Crippen molar-refractivity contribution in [1.29, 1.82) is 0 Å². The number of hydrogen-bond donors (Lipinski definition) is 1. The Morgan fingerprint density at radius 3 is 2.78 bits per heavy atom. The van der Waals surface area contributed by atoms with Gasteiger partial charge in [0.1, 0.15) is 0 Å². The molecule has 1 saturated heterocycles. The van der Waals surface area contributed by atoms with Gasteiger partial charge in [-0.1, -0.05) is 0 Å². The van der Waals surface area contributed by atoms with Crippen LogP contribution in [0.2, 0.25) is 0 Å². The number of ether oxygens (including phenoxy) is 1. The number of hydrogen-bond acceptors (Lipinski definition) is 5. The van der Waals surface area contributed by atoms with E-state index in [0.29, 0.717) is 43.5 Å². The van der Waals surface area contributed by atoms with E-state index in [2.05, 4.69) is 9.97 Å². The van der Waals surface area contributed by atoms with Crippen molar-refractivity contribution < 1.29 is 14.2 Å². The third-order valence-electron chi connectivity index (χ3n) is 2.91. The minimum absolute atomic E-state index is 0.175. The van der Waals surface area contributed by atoms with Gasteiger partial charge in [-0.05, 0) is 0 Å². The summed E-state index contributed by atoms with van der Waals surface area (Å²) in [6.07, 6.45) is 2.86. The standard InChI is InChI=1S/C11H13FN4O2/c12-9-6-16-5-8(7-17)13-10(16)11(14-9)15-1-3-18-4-2-15/h5-6,17H,1-4,7H2. The van der Waals surface area contributed by atoms with Gasteiger partial charge in [0.2, 0.25) is 5.95 Å². The van der Waals surface area contributed by atoms with Gasteiger partial charge in [-0.25, -0.2) is 4.98 Å². The lowest BCUT2D eigenvalue weighted by Crippen LogP contribution is -2.37. The summed E-state index contributed by atoms with van der Waals surface area (Å²) in [6.45, 7) is 2.34. The van der Waals surface area contributed by atoms with Crippen LogP contribution in [-0.2, 0) is 11.3 Å². The Kier molecular flexibility index (Phi) is 2.85. The summed E-state index contributed by atoms with van der Waals surface area (Å²) >= 11 is 0. The van der Waals surface area contributed by atoms with Crippen molar-refractivity contribution in [2.45, 2.75) is 6.61 Å². The number of morpholine rings is 1. The van der Waals surface area contributed by atoms with E-state index in [1.165, 1.54) is 6.20 Å². The van der Waals surface area contributed by atoms with Gasteiger partial charge in [0.15, 0.2) is 11.5 Å². The van der Waals surface area contributed by atoms with E-state index in [0.717, 1.165) is 0 Å². The molecule has 0 radical (unpaired) electrons. The van der Waals surface area contributed by atoms with Crippen LogP contribution in [0, 0.1) is 5.95 Å². The third kappa shape index (κ3) is 1.91. The van der Waals surface area contributed by atoms with Crippen molar-refractivity contribution in [2.75, 3.05) is 31.2 Å². The fraction of sp³-hybridized carbons (Fsp3) is 0.455. The summed E-state index contributed by atoms with van der Waals surface area (Å²) in [5, 5.41) is 9.09. The lowest BCUT2D eigenvalue weighted by molar-refractivity contribution is 0.122. The molecule has 2 aromatic rings. The van der Waals surface area contributed by atoms with Gasteiger partial charge in [-0.3, -0.25) is 4.40 Å². The molecule has 3 heterocycles. The van der Waals surface area contributed by atoms with Gasteiger partial charge < -0.3 is 14.7 Å². The van der Waals surface area contributed by atoms with Gasteiger partial charge >= 0.3 is 0 Å². The van der Waals surface area contributed by atoms with Crippen LogP contribution in [0.15, 0.2) is 12.4 Å². The highest BCUT2D eigenvalue weighted by Crippen LogP contribution is 2.20. The lowest BCUT2D eigenvalue weighted by Gasteiger charge is -2.27. The number of aromatic nitrogens is 3. The number of anilines is 1. The molecular formula is C11H13FN4O2. The van der Waals surface area contributed by atoms with E-state index in [9.17, 15) is 4.39 Å². The first kappa shape index (κ1) is 11.4. The predicted molar refractivity (Wildman–Crippen MR) is 61.9 cm³/mol. The summed E-state index contributed by atoms with van der Waals surface area (Å²) in [5.74, 6) is -0.0659. The smallest absolute Gasteiger partial charge is 0.231 e. The Morgan fingerprint density at radius 1 is 1.28 bits per heavy atom. The van der Waals surface area contributed by atoms with Crippen molar-refractivity contribution in [2.24, 2.45) is 0 Å². The van der Waals surface area contributed by atoms with Crippen molar-refractivity contribution in [3.63, 3.8) is 0 Å². The van der Waals surface area contributed by atoms with Crippen molar-refractivity contribution in [3.8, 4) is 0 Å². The van der Waals surface area contributed by atoms with Crippen LogP contribution in [0.5, 0.6) is 0 Å². The molecule has 0 aromatic carbocycles. The van der Waals surface area contributed by atoms with Crippen molar-refractivity contribution in [3.05, 3.63) is 24.0 Å². The van der Waals surface area contributed by atoms with Crippen LogP contribution in [-0.4, -0.2) is 45.8 Å². The van der Waals surface area contributed by atoms with Gasteiger partial charge in [0.25, 0.3) is 0 Å². The Hall–Kier alpha value is -1.73. The molecule has 96 valence electrons. The summed E-state index contributed by atoms with van der Waals surface area (Å²) in [7, 11) is 0. The Labute approximate surface area is 103 Å². The highest BCUT2D eigenvalue weighted by atomic mass is 19.1. The van der Waals surface area contributed by atoms with Crippen molar-refractivity contribution in [1.82, 2.24) is 14.4 Å². The van der Waals surface area contributed by atoms with Gasteiger partial charge in [0, 0.05) is 19.3 Å². The Bertz CT molecular complexity index is 565. The second kappa shape index (κ2) is 4.51. The molecule has 6 nitrogen and oxygen atoms in total. The van der Waals surface area contributed by atoms with E-state index < -0.39 is 5.95 Å². The van der Waals surface area contributed by atoms with Crippen molar-refractivity contribution >= 4 is 11.5 Å². The summed E-state index contributed by atoms with van der Waals surface area (Å²) in [6, 6.07) is 0. The second-order valence-electron chi connectivity index (χ2n) is 4.11. The highest BCUT2D eigenvalue weighted by molar-refractivity contribution is 5.64. The minimum Gasteiger partial charge on any atom is -0.390 e. The summed E-state index contributed by atoms with van der Waals surface area (Å²) in [4.78, 5) is 10.1. The van der Waals surface area contributed by atoms with Gasteiger partial charge in [0.05, 0.1) is 31.7 Å². The fourth-order valence-electron chi connectivity index (χ4n) is 2.07. The van der Waals surface area contributed by atoms with Gasteiger partial charge in [-0.2, -0.15) is 9.37 Å². The molecule has 0 unspecified atom stereocenters. The largest absolute Gasteiger partial charge is 0.390 e. The summed E-state index contributed by atoms with van der Waals surface area (Å²) in [5.41, 5.74) is 1.05. The van der Waals surface area contributed by atoms with E-state index >= 15 is 0 Å². The maximum absolute atomic E-state index is 13.5. The molecule has 0 saturated carbocycles. The highest BCUT2D eigenvalue weighted by Gasteiger charge is 2.18. The Balaban J connectivity index is 2.10. The molecule has 1 aliphatic rings. The van der Waals surface area contributed by atoms with Crippen LogP contribution >= 0.6 is 0 Å². The zero-order valence-corrected chi connectivity index (χ0v) is 9.71. The molecule has 7 heteroatoms. The Morgan fingerprint density at radius 2 is 2.06 bits per heavy atom. The number of halogens is 1. The van der Waals surface area contributed by atoms with Gasteiger partial charge in [-0.15, -0.1) is 0 Å². The average Bonchev–Trinajstić information content (AvgIpc) is 2.81. The maximum atomic E-state index is 13.5. The van der Waals surface area contributed by atoms with Crippen LogP contribution in [0.25, 0.3) is 5.65 Å². The zero-order valence-electron chi connectivity index (χ0n) is 9.71. The molecule has 1 fully saturated rings. The summed E-state index contributed by atoms with van der Waals surface area (Å²) < 4.78 is 20.3. The van der Waals surface area contributed by atoms with E-state index in [4.69, 9.17) is 9.84 Å². The monoisotopic (exact) mass is 252 g/mol. The molecule has 0 spiro atoms. The topological polar surface area (TPSA) is 62.9 Å². The molecular weight excluding hydrogens is 239 g/mol. The number of aliphatic hydroxyl groups excluding tert-OH is 1. The first-order chi connectivity index (χ1) is 8.78. The van der Waals surface area contributed by atoms with Crippen LogP contribution in [0.3, 0.4) is 0 Å². The number of aliphatic hydroxyl groups is 1. The second-order valence-corrected chi connectivity index (χ2v) is 4.11. The van der Waals surface area contributed by atoms with Crippen LogP contribution in [0.4, 0.5) is 10.2 Å². The lowest BCUT2D eigenvalue weighted by atomic mass is 10.4. The molecule has 0 bridgehead atoms. The van der Waals surface area contributed by atoms with E-state index in [1.807, 2.05) is 4.90 Å². The molecule has 1 N–H and O–H groups in total. The van der Waals surface area contributed by atoms with E-state index in [1.54, 1.807) is 10.6 Å². The molecule has 2 aromatic heterocycles. The van der Waals surface area contributed by atoms with Crippen LogP contribution in [0.1, 0.15) is 5.69 Å². The maximum Gasteiger partial charge on any atom is 0.231 e. The fourth-order valence-corrected chi connectivity index (χ4v) is 2.07. The number of imidazole rings is 1. The minimum atomic E-state index is -0.564. The predicted octanol–water partition coefficient (Wildman–Crippen LogP) is 0.197. The molecule has 18 heavy (non-hydrogen) atoms. The number of fused-ring (bicyclic) bond motifs is 1. The third-order valence-corrected chi connectivity index (χ3v) is 2.91. The SMILES string of the molecule is OCc1cn2cc(F)nc(N3CCOCC3)c2n1. The molecule has 3 rings (SSSR count). The molecule has 0 aliphatic carbocycles. The van der Waals surface area contributed by atoms with Crippen LogP contribution < -0.4 is 4.90 Å².